The number of hydrogen-bond acceptors (Lipinski definition) is 3. The second-order valence-electron chi connectivity index (χ2n) is 5.25. The van der Waals surface area contributed by atoms with E-state index in [0.717, 1.165) is 30.5 Å². The van der Waals surface area contributed by atoms with E-state index in [0.29, 0.717) is 6.79 Å². The molecular weight excluding hydrogens is 226 g/mol. The quantitative estimate of drug-likeness (QED) is 0.752. The molecule has 0 bridgehead atoms. The number of ether oxygens (including phenoxy) is 2. The second kappa shape index (κ2) is 6.64. The van der Waals surface area contributed by atoms with Gasteiger partial charge in [-0.1, -0.05) is 32.8 Å². The molecule has 0 saturated carbocycles. The third-order valence-electron chi connectivity index (χ3n) is 3.15. The topological polar surface area (TPSA) is 30.5 Å². The van der Waals surface area contributed by atoms with Crippen LogP contribution in [-0.4, -0.2) is 13.3 Å². The SMILES string of the molecule is CC(C)CCCCNCc1ccc2c(c1)OCO2. The Morgan fingerprint density at radius 1 is 1.17 bits per heavy atom. The van der Waals surface area contributed by atoms with Crippen molar-refractivity contribution in [1.82, 2.24) is 5.32 Å². The van der Waals surface area contributed by atoms with Crippen LogP contribution in [0.5, 0.6) is 11.5 Å². The molecule has 0 spiro atoms. The lowest BCUT2D eigenvalue weighted by Gasteiger charge is -2.07. The lowest BCUT2D eigenvalue weighted by Crippen LogP contribution is -2.14. The van der Waals surface area contributed by atoms with E-state index in [1.165, 1.54) is 24.8 Å². The summed E-state index contributed by atoms with van der Waals surface area (Å²) >= 11 is 0. The van der Waals surface area contributed by atoms with Gasteiger partial charge in [0.05, 0.1) is 0 Å². The highest BCUT2D eigenvalue weighted by atomic mass is 16.7. The maximum atomic E-state index is 5.36. The highest BCUT2D eigenvalue weighted by Gasteiger charge is 2.12. The predicted molar refractivity (Wildman–Crippen MR) is 73.0 cm³/mol. The summed E-state index contributed by atoms with van der Waals surface area (Å²) in [5.74, 6) is 2.55. The summed E-state index contributed by atoms with van der Waals surface area (Å²) in [5.41, 5.74) is 1.25. The lowest BCUT2D eigenvalue weighted by atomic mass is 10.1. The van der Waals surface area contributed by atoms with Gasteiger partial charge in [0.1, 0.15) is 0 Å². The number of unbranched alkanes of at least 4 members (excludes halogenated alkanes) is 1. The molecule has 3 nitrogen and oxygen atoms in total. The van der Waals surface area contributed by atoms with Crippen molar-refractivity contribution >= 4 is 0 Å². The van der Waals surface area contributed by atoms with Crippen LogP contribution < -0.4 is 14.8 Å². The normalized spacial score (nSPS) is 13.3. The number of nitrogens with one attached hydrogen (secondary N) is 1. The van der Waals surface area contributed by atoms with E-state index in [1.807, 2.05) is 6.07 Å². The summed E-state index contributed by atoms with van der Waals surface area (Å²) in [5, 5.41) is 3.47. The first-order chi connectivity index (χ1) is 8.75. The van der Waals surface area contributed by atoms with Crippen molar-refractivity contribution < 1.29 is 9.47 Å². The van der Waals surface area contributed by atoms with Gasteiger partial charge in [-0.15, -0.1) is 0 Å². The van der Waals surface area contributed by atoms with E-state index >= 15 is 0 Å². The summed E-state index contributed by atoms with van der Waals surface area (Å²) < 4.78 is 10.7. The van der Waals surface area contributed by atoms with Gasteiger partial charge in [0.15, 0.2) is 11.5 Å². The molecule has 3 heteroatoms. The van der Waals surface area contributed by atoms with E-state index in [-0.39, 0.29) is 0 Å². The molecule has 1 aromatic rings. The molecule has 1 aromatic carbocycles. The second-order valence-corrected chi connectivity index (χ2v) is 5.25. The average Bonchev–Trinajstić information content (AvgIpc) is 2.80. The minimum Gasteiger partial charge on any atom is -0.454 e. The van der Waals surface area contributed by atoms with Crippen molar-refractivity contribution in [2.24, 2.45) is 5.92 Å². The number of benzene rings is 1. The zero-order chi connectivity index (χ0) is 12.8. The molecule has 100 valence electrons. The molecule has 0 aliphatic carbocycles. The molecule has 0 saturated heterocycles. The average molecular weight is 249 g/mol. The largest absolute Gasteiger partial charge is 0.454 e. The first kappa shape index (κ1) is 13.2. The van der Waals surface area contributed by atoms with E-state index in [4.69, 9.17) is 9.47 Å². The molecule has 0 aromatic heterocycles. The lowest BCUT2D eigenvalue weighted by molar-refractivity contribution is 0.174. The smallest absolute Gasteiger partial charge is 0.231 e. The number of fused-ring (bicyclic) bond motifs is 1. The fourth-order valence-electron chi connectivity index (χ4n) is 2.09. The Morgan fingerprint density at radius 2 is 2.00 bits per heavy atom. The van der Waals surface area contributed by atoms with Crippen LogP contribution in [0.15, 0.2) is 18.2 Å². The van der Waals surface area contributed by atoms with Gasteiger partial charge in [0, 0.05) is 6.54 Å². The maximum Gasteiger partial charge on any atom is 0.231 e. The van der Waals surface area contributed by atoms with Gasteiger partial charge in [-0.25, -0.2) is 0 Å². The van der Waals surface area contributed by atoms with Crippen LogP contribution in [-0.2, 0) is 6.54 Å². The van der Waals surface area contributed by atoms with Crippen LogP contribution in [0, 0.1) is 5.92 Å². The maximum absolute atomic E-state index is 5.36. The van der Waals surface area contributed by atoms with Gasteiger partial charge in [0.2, 0.25) is 6.79 Å². The van der Waals surface area contributed by atoms with Gasteiger partial charge >= 0.3 is 0 Å². The van der Waals surface area contributed by atoms with Crippen LogP contribution in [0.25, 0.3) is 0 Å². The number of hydrogen-bond donors (Lipinski definition) is 1. The highest BCUT2D eigenvalue weighted by Crippen LogP contribution is 2.32. The molecule has 0 fully saturated rings. The standard InChI is InChI=1S/C15H23NO2/c1-12(2)5-3-4-8-16-10-13-6-7-14-15(9-13)18-11-17-14/h6-7,9,12,16H,3-5,8,10-11H2,1-2H3. The Labute approximate surface area is 109 Å². The summed E-state index contributed by atoms with van der Waals surface area (Å²) in [4.78, 5) is 0. The predicted octanol–water partition coefficient (Wildman–Crippen LogP) is 3.33. The summed E-state index contributed by atoms with van der Waals surface area (Å²) in [6.07, 6.45) is 3.89. The first-order valence-corrected chi connectivity index (χ1v) is 6.85. The van der Waals surface area contributed by atoms with Crippen molar-refractivity contribution in [3.05, 3.63) is 23.8 Å². The molecule has 1 N–H and O–H groups in total. The Morgan fingerprint density at radius 3 is 2.83 bits per heavy atom. The van der Waals surface area contributed by atoms with Gasteiger partial charge in [-0.3, -0.25) is 0 Å². The van der Waals surface area contributed by atoms with Crippen LogP contribution in [0.2, 0.25) is 0 Å². The molecule has 1 heterocycles. The zero-order valence-corrected chi connectivity index (χ0v) is 11.4. The van der Waals surface area contributed by atoms with Gasteiger partial charge < -0.3 is 14.8 Å². The van der Waals surface area contributed by atoms with Gasteiger partial charge in [0.25, 0.3) is 0 Å². The van der Waals surface area contributed by atoms with Crippen LogP contribution in [0.4, 0.5) is 0 Å². The molecule has 1 aliphatic rings. The van der Waals surface area contributed by atoms with Crippen molar-refractivity contribution in [2.45, 2.75) is 39.7 Å². The molecule has 2 rings (SSSR count). The van der Waals surface area contributed by atoms with E-state index < -0.39 is 0 Å². The van der Waals surface area contributed by atoms with E-state index in [1.54, 1.807) is 0 Å². The molecule has 1 aliphatic heterocycles. The summed E-state index contributed by atoms with van der Waals surface area (Å²) in [6, 6.07) is 6.14. The Kier molecular flexibility index (Phi) is 4.88. The van der Waals surface area contributed by atoms with Crippen LogP contribution >= 0.6 is 0 Å². The summed E-state index contributed by atoms with van der Waals surface area (Å²) in [7, 11) is 0. The fourth-order valence-corrected chi connectivity index (χ4v) is 2.09. The molecule has 0 atom stereocenters. The van der Waals surface area contributed by atoms with Crippen molar-refractivity contribution in [3.8, 4) is 11.5 Å². The first-order valence-electron chi connectivity index (χ1n) is 6.85. The molecule has 18 heavy (non-hydrogen) atoms. The third-order valence-corrected chi connectivity index (χ3v) is 3.15. The third kappa shape index (κ3) is 3.91. The molecule has 0 unspecified atom stereocenters. The fraction of sp³-hybridized carbons (Fsp3) is 0.600. The number of rotatable bonds is 7. The Balaban J connectivity index is 1.65. The Hall–Kier alpha value is -1.22. The van der Waals surface area contributed by atoms with Crippen molar-refractivity contribution in [3.63, 3.8) is 0 Å². The van der Waals surface area contributed by atoms with Crippen molar-refractivity contribution in [2.75, 3.05) is 13.3 Å². The minimum atomic E-state index is 0.349. The zero-order valence-electron chi connectivity index (χ0n) is 11.4. The molecular formula is C15H23NO2. The summed E-state index contributed by atoms with van der Waals surface area (Å²) in [6.45, 7) is 6.89. The highest BCUT2D eigenvalue weighted by molar-refractivity contribution is 5.44. The molecule has 0 radical (unpaired) electrons. The van der Waals surface area contributed by atoms with Gasteiger partial charge in [-0.2, -0.15) is 0 Å². The van der Waals surface area contributed by atoms with Crippen LogP contribution in [0.1, 0.15) is 38.7 Å². The molecule has 0 amide bonds. The Bertz CT molecular complexity index is 377. The minimum absolute atomic E-state index is 0.349. The van der Waals surface area contributed by atoms with Crippen LogP contribution in [0.3, 0.4) is 0 Å². The monoisotopic (exact) mass is 249 g/mol. The van der Waals surface area contributed by atoms with E-state index in [9.17, 15) is 0 Å². The van der Waals surface area contributed by atoms with Crippen molar-refractivity contribution in [1.29, 1.82) is 0 Å². The van der Waals surface area contributed by atoms with Gasteiger partial charge in [-0.05, 0) is 36.6 Å². The van der Waals surface area contributed by atoms with E-state index in [2.05, 4.69) is 31.3 Å².